The maximum absolute atomic E-state index is 12.7. The minimum Gasteiger partial charge on any atom is -0.487 e. The molecule has 1 saturated carbocycles. The summed E-state index contributed by atoms with van der Waals surface area (Å²) in [7, 11) is -4.05. The van der Waals surface area contributed by atoms with Gasteiger partial charge in [0, 0.05) is 0 Å². The van der Waals surface area contributed by atoms with E-state index in [9.17, 15) is 12.8 Å². The minimum absolute atomic E-state index is 0.00207. The number of hydrogen-bond donors (Lipinski definition) is 1. The van der Waals surface area contributed by atoms with Gasteiger partial charge in [0.25, 0.3) is 10.0 Å². The van der Waals surface area contributed by atoms with Gasteiger partial charge in [0.1, 0.15) is 0 Å². The van der Waals surface area contributed by atoms with Crippen molar-refractivity contribution in [1.29, 1.82) is 0 Å². The molecule has 1 aliphatic carbocycles. The van der Waals surface area contributed by atoms with Crippen LogP contribution < -0.4 is 9.88 Å². The quantitative estimate of drug-likeness (QED) is 0.765. The van der Waals surface area contributed by atoms with Crippen molar-refractivity contribution in [2.24, 2.45) is 5.14 Å². The van der Waals surface area contributed by atoms with Crippen LogP contribution in [0.5, 0.6) is 5.75 Å². The highest BCUT2D eigenvalue weighted by Crippen LogP contribution is 2.29. The second-order valence-corrected chi connectivity index (χ2v) is 4.78. The molecule has 0 aromatic carbocycles. The van der Waals surface area contributed by atoms with Gasteiger partial charge in [0.15, 0.2) is 5.75 Å². The molecule has 0 unspecified atom stereocenters. The molecule has 2 N–H and O–H groups in total. The first-order valence-corrected chi connectivity index (χ1v) is 5.87. The zero-order valence-electron chi connectivity index (χ0n) is 7.68. The van der Waals surface area contributed by atoms with Crippen LogP contribution in [0.4, 0.5) is 4.39 Å². The summed E-state index contributed by atoms with van der Waals surface area (Å²) in [6.07, 6.45) is 1.72. The largest absolute Gasteiger partial charge is 0.487 e. The molecule has 2 rings (SSSR count). The summed E-state index contributed by atoms with van der Waals surface area (Å²) in [5.41, 5.74) is 0. The van der Waals surface area contributed by atoms with Crippen molar-refractivity contribution in [2.75, 3.05) is 0 Å². The van der Waals surface area contributed by atoms with E-state index in [1.165, 1.54) is 6.07 Å². The van der Waals surface area contributed by atoms with E-state index in [0.29, 0.717) is 0 Å². The zero-order valence-corrected chi connectivity index (χ0v) is 8.50. The fraction of sp³-hybridized carbons (Fsp3) is 0.375. The van der Waals surface area contributed by atoms with E-state index in [0.717, 1.165) is 18.9 Å². The number of sulfonamides is 1. The van der Waals surface area contributed by atoms with Crippen molar-refractivity contribution < 1.29 is 17.5 Å². The Kier molecular flexibility index (Phi) is 2.35. The number of primary sulfonamides is 1. The monoisotopic (exact) mass is 232 g/mol. The Morgan fingerprint density at radius 1 is 1.47 bits per heavy atom. The third-order valence-corrected chi connectivity index (χ3v) is 2.71. The topological polar surface area (TPSA) is 82.3 Å². The molecule has 0 radical (unpaired) electrons. The Morgan fingerprint density at radius 2 is 2.13 bits per heavy atom. The van der Waals surface area contributed by atoms with Crippen molar-refractivity contribution >= 4 is 10.0 Å². The molecule has 0 amide bonds. The molecule has 82 valence electrons. The number of nitrogens with zero attached hydrogens (tertiary/aromatic N) is 1. The summed E-state index contributed by atoms with van der Waals surface area (Å²) in [6.45, 7) is 0. The molecule has 1 aromatic heterocycles. The fourth-order valence-electron chi connectivity index (χ4n) is 1.06. The van der Waals surface area contributed by atoms with Crippen LogP contribution in [0.1, 0.15) is 12.8 Å². The van der Waals surface area contributed by atoms with Gasteiger partial charge in [-0.3, -0.25) is 0 Å². The van der Waals surface area contributed by atoms with Crippen molar-refractivity contribution in [1.82, 2.24) is 4.98 Å². The molecule has 0 bridgehead atoms. The van der Waals surface area contributed by atoms with Gasteiger partial charge in [0.05, 0.1) is 6.10 Å². The summed E-state index contributed by atoms with van der Waals surface area (Å²) < 4.78 is 40.1. The third kappa shape index (κ3) is 2.42. The first-order valence-electron chi connectivity index (χ1n) is 4.33. The number of rotatable bonds is 3. The molecule has 0 saturated heterocycles. The molecular formula is C8H9FN2O3S. The van der Waals surface area contributed by atoms with Crippen molar-refractivity contribution in [2.45, 2.75) is 24.0 Å². The van der Waals surface area contributed by atoms with Crippen LogP contribution in [0.3, 0.4) is 0 Å². The van der Waals surface area contributed by atoms with Crippen LogP contribution in [-0.2, 0) is 10.0 Å². The maximum atomic E-state index is 12.7. The number of aromatic nitrogens is 1. The molecule has 5 nitrogen and oxygen atoms in total. The number of nitrogens with two attached hydrogens (primary N) is 1. The second-order valence-electron chi connectivity index (χ2n) is 3.30. The van der Waals surface area contributed by atoms with Crippen LogP contribution in [0, 0.1) is 5.95 Å². The molecule has 1 aromatic rings. The highest BCUT2D eigenvalue weighted by atomic mass is 32.2. The maximum Gasteiger partial charge on any atom is 0.259 e. The van der Waals surface area contributed by atoms with Gasteiger partial charge in [0.2, 0.25) is 11.0 Å². The van der Waals surface area contributed by atoms with Crippen LogP contribution in [0.2, 0.25) is 0 Å². The Labute approximate surface area is 86.1 Å². The van der Waals surface area contributed by atoms with Gasteiger partial charge in [-0.2, -0.15) is 4.39 Å². The van der Waals surface area contributed by atoms with Gasteiger partial charge in [-0.1, -0.05) is 0 Å². The Balaban J connectivity index is 2.43. The van der Waals surface area contributed by atoms with E-state index >= 15 is 0 Å². The van der Waals surface area contributed by atoms with Gasteiger partial charge in [-0.25, -0.2) is 18.5 Å². The molecule has 15 heavy (non-hydrogen) atoms. The van der Waals surface area contributed by atoms with E-state index in [1.54, 1.807) is 0 Å². The van der Waals surface area contributed by atoms with Gasteiger partial charge in [-0.05, 0) is 25.0 Å². The number of pyridine rings is 1. The first-order chi connectivity index (χ1) is 6.97. The third-order valence-electron chi connectivity index (χ3n) is 1.88. The first kappa shape index (κ1) is 10.3. The number of ether oxygens (including phenoxy) is 1. The van der Waals surface area contributed by atoms with Crippen molar-refractivity contribution in [3.05, 3.63) is 18.1 Å². The number of halogens is 1. The molecule has 0 spiro atoms. The Hall–Kier alpha value is -1.21. The molecule has 0 atom stereocenters. The van der Waals surface area contributed by atoms with Gasteiger partial charge < -0.3 is 4.74 Å². The molecule has 7 heteroatoms. The van der Waals surface area contributed by atoms with E-state index < -0.39 is 21.0 Å². The predicted octanol–water partition coefficient (Wildman–Crippen LogP) is 0.409. The summed E-state index contributed by atoms with van der Waals surface area (Å²) >= 11 is 0. The van der Waals surface area contributed by atoms with Crippen molar-refractivity contribution in [3.8, 4) is 5.75 Å². The number of hydrogen-bond acceptors (Lipinski definition) is 4. The fourth-order valence-corrected chi connectivity index (χ4v) is 1.68. The van der Waals surface area contributed by atoms with Gasteiger partial charge >= 0.3 is 0 Å². The van der Waals surface area contributed by atoms with E-state index in [1.807, 2.05) is 0 Å². The predicted molar refractivity (Wildman–Crippen MR) is 49.2 cm³/mol. The van der Waals surface area contributed by atoms with E-state index in [4.69, 9.17) is 9.88 Å². The average Bonchev–Trinajstić information content (AvgIpc) is 2.90. The second kappa shape index (κ2) is 3.42. The minimum atomic E-state index is -4.05. The lowest BCUT2D eigenvalue weighted by molar-refractivity contribution is 0.290. The lowest BCUT2D eigenvalue weighted by atomic mass is 10.4. The zero-order chi connectivity index (χ0) is 11.1. The highest BCUT2D eigenvalue weighted by Gasteiger charge is 2.27. The van der Waals surface area contributed by atoms with Crippen LogP contribution in [0.15, 0.2) is 17.2 Å². The van der Waals surface area contributed by atoms with Crippen LogP contribution in [0.25, 0.3) is 0 Å². The highest BCUT2D eigenvalue weighted by molar-refractivity contribution is 7.89. The SMILES string of the molecule is NS(=O)(=O)c1nc(F)ccc1OC1CC1. The summed E-state index contributed by atoms with van der Waals surface area (Å²) in [5, 5.41) is 4.34. The molecule has 1 fully saturated rings. The van der Waals surface area contributed by atoms with E-state index in [-0.39, 0.29) is 11.9 Å². The standard InChI is InChI=1S/C8H9FN2O3S/c9-7-4-3-6(14-5-1-2-5)8(11-7)15(10,12)13/h3-5H,1-2H2,(H2,10,12,13). The lowest BCUT2D eigenvalue weighted by Crippen LogP contribution is -2.16. The summed E-state index contributed by atoms with van der Waals surface area (Å²) in [5.74, 6) is -0.886. The van der Waals surface area contributed by atoms with Crippen LogP contribution in [-0.4, -0.2) is 19.5 Å². The summed E-state index contributed by atoms with van der Waals surface area (Å²) in [4.78, 5) is 3.22. The molecular weight excluding hydrogens is 223 g/mol. The molecule has 1 aliphatic rings. The normalized spacial score (nSPS) is 16.4. The van der Waals surface area contributed by atoms with Crippen molar-refractivity contribution in [3.63, 3.8) is 0 Å². The van der Waals surface area contributed by atoms with Crippen LogP contribution >= 0.6 is 0 Å². The molecule has 1 heterocycles. The molecule has 0 aliphatic heterocycles. The smallest absolute Gasteiger partial charge is 0.259 e. The Bertz CT molecular complexity index is 485. The summed E-state index contributed by atoms with van der Waals surface area (Å²) in [6, 6.07) is 2.26. The Morgan fingerprint density at radius 3 is 2.67 bits per heavy atom. The lowest BCUT2D eigenvalue weighted by Gasteiger charge is -2.07. The van der Waals surface area contributed by atoms with Gasteiger partial charge in [-0.15, -0.1) is 0 Å². The van der Waals surface area contributed by atoms with E-state index in [2.05, 4.69) is 4.98 Å². The average molecular weight is 232 g/mol.